The van der Waals surface area contributed by atoms with Crippen LogP contribution in [0.4, 0.5) is 0 Å². The van der Waals surface area contributed by atoms with E-state index in [0.29, 0.717) is 0 Å². The number of hydrogen-bond donors (Lipinski definition) is 1. The Bertz CT molecular complexity index is 373. The monoisotopic (exact) mass is 265 g/mol. The van der Waals surface area contributed by atoms with E-state index in [4.69, 9.17) is 14.7 Å². The van der Waals surface area contributed by atoms with Crippen LogP contribution in [0.25, 0.3) is 0 Å². The van der Waals surface area contributed by atoms with E-state index < -0.39 is 0 Å². The van der Waals surface area contributed by atoms with Gasteiger partial charge < -0.3 is 14.7 Å². The number of benzene rings is 1. The Labute approximate surface area is 115 Å². The third kappa shape index (κ3) is 6.82. The summed E-state index contributed by atoms with van der Waals surface area (Å²) in [5, 5.41) is 11.7. The van der Waals surface area contributed by atoms with Crippen molar-refractivity contribution in [1.82, 2.24) is 0 Å². The van der Waals surface area contributed by atoms with Crippen LogP contribution in [0.3, 0.4) is 0 Å². The number of unbranched alkanes of at least 4 members (excludes halogenated alkanes) is 1. The van der Waals surface area contributed by atoms with Gasteiger partial charge in [0, 0.05) is 13.7 Å². The lowest BCUT2D eigenvalue weighted by Crippen LogP contribution is -2.00. The van der Waals surface area contributed by atoms with Crippen LogP contribution in [0.1, 0.15) is 31.7 Å². The predicted octanol–water partition coefficient (Wildman–Crippen LogP) is 3.27. The van der Waals surface area contributed by atoms with Gasteiger partial charge in [0.15, 0.2) is 0 Å². The molecule has 0 unspecified atom stereocenters. The summed E-state index contributed by atoms with van der Waals surface area (Å²) in [4.78, 5) is 0. The van der Waals surface area contributed by atoms with Gasteiger partial charge in [-0.1, -0.05) is 17.3 Å². The summed E-state index contributed by atoms with van der Waals surface area (Å²) in [5.41, 5.74) is 1.97. The van der Waals surface area contributed by atoms with Crippen molar-refractivity contribution >= 4 is 5.71 Å². The van der Waals surface area contributed by atoms with Crippen molar-refractivity contribution in [2.45, 2.75) is 32.6 Å². The fraction of sp³-hybridized carbons (Fsp3) is 0.533. The zero-order valence-electron chi connectivity index (χ0n) is 11.8. The molecule has 0 radical (unpaired) electrons. The molecule has 0 aliphatic heterocycles. The summed E-state index contributed by atoms with van der Waals surface area (Å²) in [6.45, 7) is 3.32. The first-order chi connectivity index (χ1) is 9.26. The van der Waals surface area contributed by atoms with E-state index in [2.05, 4.69) is 17.3 Å². The molecule has 0 heterocycles. The average molecular weight is 265 g/mol. The molecule has 0 saturated carbocycles. The number of hydrogen-bond acceptors (Lipinski definition) is 4. The second-order valence-corrected chi connectivity index (χ2v) is 4.53. The van der Waals surface area contributed by atoms with Crippen LogP contribution < -0.4 is 4.74 Å². The molecule has 0 spiro atoms. The Morgan fingerprint density at radius 3 is 2.47 bits per heavy atom. The van der Waals surface area contributed by atoms with E-state index in [1.807, 2.05) is 19.1 Å². The molecule has 4 heteroatoms. The Balaban J connectivity index is 2.27. The highest BCUT2D eigenvalue weighted by atomic mass is 16.5. The van der Waals surface area contributed by atoms with Gasteiger partial charge >= 0.3 is 0 Å². The number of methoxy groups -OCH3 is 1. The van der Waals surface area contributed by atoms with Crippen molar-refractivity contribution < 1.29 is 14.7 Å². The molecule has 0 aliphatic carbocycles. The number of oxime groups is 1. The van der Waals surface area contributed by atoms with Gasteiger partial charge in [-0.25, -0.2) is 0 Å². The minimum absolute atomic E-state index is 0.721. The summed E-state index contributed by atoms with van der Waals surface area (Å²) < 4.78 is 10.6. The largest absolute Gasteiger partial charge is 0.494 e. The highest BCUT2D eigenvalue weighted by molar-refractivity contribution is 5.81. The van der Waals surface area contributed by atoms with E-state index in [-0.39, 0.29) is 0 Å². The number of rotatable bonds is 9. The molecule has 4 nitrogen and oxygen atoms in total. The summed E-state index contributed by atoms with van der Waals surface area (Å²) in [7, 11) is 1.71. The van der Waals surface area contributed by atoms with Gasteiger partial charge in [0.05, 0.1) is 12.3 Å². The van der Waals surface area contributed by atoms with Crippen LogP contribution in [-0.2, 0) is 11.2 Å². The first kappa shape index (κ1) is 15.5. The Morgan fingerprint density at radius 1 is 1.16 bits per heavy atom. The molecule has 0 saturated heterocycles. The fourth-order valence-corrected chi connectivity index (χ4v) is 1.67. The van der Waals surface area contributed by atoms with E-state index >= 15 is 0 Å². The Hall–Kier alpha value is -1.55. The second-order valence-electron chi connectivity index (χ2n) is 4.53. The fourth-order valence-electron chi connectivity index (χ4n) is 1.67. The van der Waals surface area contributed by atoms with E-state index in [1.54, 1.807) is 7.11 Å². The lowest BCUT2D eigenvalue weighted by atomic mass is 10.1. The van der Waals surface area contributed by atoms with Gasteiger partial charge in [0.1, 0.15) is 5.75 Å². The maximum atomic E-state index is 8.57. The van der Waals surface area contributed by atoms with Crippen molar-refractivity contribution in [1.29, 1.82) is 0 Å². The predicted molar refractivity (Wildman–Crippen MR) is 76.3 cm³/mol. The Kier molecular flexibility index (Phi) is 7.66. The molecule has 1 aromatic carbocycles. The van der Waals surface area contributed by atoms with Crippen molar-refractivity contribution in [3.8, 4) is 5.75 Å². The maximum Gasteiger partial charge on any atom is 0.119 e. The molecule has 0 fully saturated rings. The molecular formula is C15H23NO3. The normalized spacial score (nSPS) is 11.6. The lowest BCUT2D eigenvalue weighted by molar-refractivity contribution is 0.184. The van der Waals surface area contributed by atoms with Crippen LogP contribution in [0, 0.1) is 0 Å². The SMILES string of the molecule is COCCCCOc1ccc(CC/C(C)=N/O)cc1. The van der Waals surface area contributed by atoms with Gasteiger partial charge in [-0.3, -0.25) is 0 Å². The molecule has 1 N–H and O–H groups in total. The Morgan fingerprint density at radius 2 is 1.84 bits per heavy atom. The molecule has 0 atom stereocenters. The third-order valence-corrected chi connectivity index (χ3v) is 2.88. The first-order valence-corrected chi connectivity index (χ1v) is 6.64. The van der Waals surface area contributed by atoms with Crippen molar-refractivity contribution in [2.75, 3.05) is 20.3 Å². The van der Waals surface area contributed by atoms with Gasteiger partial charge in [-0.2, -0.15) is 0 Å². The van der Waals surface area contributed by atoms with E-state index in [9.17, 15) is 0 Å². The average Bonchev–Trinajstić information content (AvgIpc) is 2.45. The third-order valence-electron chi connectivity index (χ3n) is 2.88. The molecule has 19 heavy (non-hydrogen) atoms. The van der Waals surface area contributed by atoms with Crippen LogP contribution in [0.2, 0.25) is 0 Å². The zero-order chi connectivity index (χ0) is 13.9. The van der Waals surface area contributed by atoms with Gasteiger partial charge in [0.25, 0.3) is 0 Å². The molecule has 106 valence electrons. The highest BCUT2D eigenvalue weighted by Crippen LogP contribution is 2.14. The number of aryl methyl sites for hydroxylation is 1. The minimum atomic E-state index is 0.721. The molecule has 1 aromatic rings. The smallest absolute Gasteiger partial charge is 0.119 e. The zero-order valence-corrected chi connectivity index (χ0v) is 11.8. The van der Waals surface area contributed by atoms with Crippen LogP contribution in [0.5, 0.6) is 5.75 Å². The molecular weight excluding hydrogens is 242 g/mol. The summed E-state index contributed by atoms with van der Waals surface area (Å²) in [5.74, 6) is 0.897. The summed E-state index contributed by atoms with van der Waals surface area (Å²) in [6.07, 6.45) is 3.67. The van der Waals surface area contributed by atoms with Crippen molar-refractivity contribution in [3.63, 3.8) is 0 Å². The standard InChI is InChI=1S/C15H23NO3/c1-13(16-17)5-6-14-7-9-15(10-8-14)19-12-4-3-11-18-2/h7-10,17H,3-6,11-12H2,1-2H3/b16-13+. The maximum absolute atomic E-state index is 8.57. The lowest BCUT2D eigenvalue weighted by Gasteiger charge is -2.07. The van der Waals surface area contributed by atoms with Gasteiger partial charge in [-0.05, 0) is 50.3 Å². The molecule has 0 aromatic heterocycles. The highest BCUT2D eigenvalue weighted by Gasteiger charge is 1.98. The van der Waals surface area contributed by atoms with Gasteiger partial charge in [0.2, 0.25) is 0 Å². The van der Waals surface area contributed by atoms with Crippen LogP contribution >= 0.6 is 0 Å². The van der Waals surface area contributed by atoms with Crippen molar-refractivity contribution in [3.05, 3.63) is 29.8 Å². The number of nitrogens with zero attached hydrogens (tertiary/aromatic N) is 1. The second kappa shape index (κ2) is 9.39. The number of ether oxygens (including phenoxy) is 2. The van der Waals surface area contributed by atoms with Crippen LogP contribution in [-0.4, -0.2) is 31.2 Å². The van der Waals surface area contributed by atoms with Crippen molar-refractivity contribution in [2.24, 2.45) is 5.16 Å². The van der Waals surface area contributed by atoms with Crippen LogP contribution in [0.15, 0.2) is 29.4 Å². The minimum Gasteiger partial charge on any atom is -0.494 e. The quantitative estimate of drug-likeness (QED) is 0.323. The molecule has 1 rings (SSSR count). The van der Waals surface area contributed by atoms with E-state index in [0.717, 1.165) is 50.4 Å². The molecule has 0 amide bonds. The molecule has 0 bridgehead atoms. The molecule has 0 aliphatic rings. The summed E-state index contributed by atoms with van der Waals surface area (Å²) >= 11 is 0. The van der Waals surface area contributed by atoms with E-state index in [1.165, 1.54) is 5.56 Å². The summed E-state index contributed by atoms with van der Waals surface area (Å²) in [6, 6.07) is 8.07. The van der Waals surface area contributed by atoms with Gasteiger partial charge in [-0.15, -0.1) is 0 Å². The first-order valence-electron chi connectivity index (χ1n) is 6.64. The topological polar surface area (TPSA) is 51.0 Å².